The maximum atomic E-state index is 13.6. The number of rotatable bonds is 6. The maximum Gasteiger partial charge on any atom is 0.306 e. The number of hydrogen-bond acceptors (Lipinski definition) is 7. The van der Waals surface area contributed by atoms with E-state index in [2.05, 4.69) is 39.3 Å². The Kier molecular flexibility index (Phi) is 5.80. The quantitative estimate of drug-likeness (QED) is 0.593. The first-order valence-corrected chi connectivity index (χ1v) is 9.04. The minimum absolute atomic E-state index is 0.294. The number of halogens is 1. The Morgan fingerprint density at radius 1 is 1.41 bits per heavy atom. The summed E-state index contributed by atoms with van der Waals surface area (Å²) < 4.78 is 13.6. The van der Waals surface area contributed by atoms with Gasteiger partial charge < -0.3 is 15.5 Å². The third-order valence-corrected chi connectivity index (χ3v) is 4.47. The van der Waals surface area contributed by atoms with Crippen LogP contribution in [0.2, 0.25) is 0 Å². The van der Waals surface area contributed by atoms with Crippen molar-refractivity contribution in [3.05, 3.63) is 45.9 Å². The van der Waals surface area contributed by atoms with Crippen molar-refractivity contribution >= 4 is 23.1 Å². The average molecular weight is 374 g/mol. The highest BCUT2D eigenvalue weighted by Crippen LogP contribution is 2.25. The minimum atomic E-state index is -0.874. The molecule has 1 aliphatic heterocycles. The predicted molar refractivity (Wildman–Crippen MR) is 102 cm³/mol. The average Bonchev–Trinajstić information content (AvgIpc) is 2.63. The molecule has 1 unspecified atom stereocenters. The fraction of sp³-hybridized carbons (Fsp3) is 0.444. The van der Waals surface area contributed by atoms with E-state index in [1.54, 1.807) is 0 Å². The maximum absolute atomic E-state index is 13.6. The number of piperazine rings is 1. The lowest BCUT2D eigenvalue weighted by atomic mass is 10.2. The molecule has 8 nitrogen and oxygen atoms in total. The van der Waals surface area contributed by atoms with Crippen LogP contribution >= 0.6 is 0 Å². The molecule has 9 heteroatoms. The van der Waals surface area contributed by atoms with E-state index in [0.29, 0.717) is 17.7 Å². The summed E-state index contributed by atoms with van der Waals surface area (Å²) in [4.78, 5) is 21.5. The van der Waals surface area contributed by atoms with Gasteiger partial charge in [-0.2, -0.15) is 9.37 Å². The molecule has 27 heavy (non-hydrogen) atoms. The zero-order chi connectivity index (χ0) is 19.4. The molecule has 2 N–H and O–H groups in total. The van der Waals surface area contributed by atoms with Gasteiger partial charge in [0.2, 0.25) is 11.8 Å². The Bertz CT molecular complexity index is 831. The molecule has 0 spiro atoms. The molecule has 2 aromatic rings. The molecule has 144 valence electrons. The van der Waals surface area contributed by atoms with Crippen LogP contribution in [0.3, 0.4) is 0 Å². The van der Waals surface area contributed by atoms with Gasteiger partial charge in [-0.3, -0.25) is 10.1 Å². The molecule has 1 aliphatic rings. The largest absolute Gasteiger partial charge is 0.351 e. The van der Waals surface area contributed by atoms with Gasteiger partial charge in [0.05, 0.1) is 4.92 Å². The number of anilines is 3. The minimum Gasteiger partial charge on any atom is -0.351 e. The number of benzene rings is 1. The molecule has 1 aromatic heterocycles. The van der Waals surface area contributed by atoms with Gasteiger partial charge in [-0.05, 0) is 25.5 Å². The second-order valence-electron chi connectivity index (χ2n) is 6.59. The normalized spacial score (nSPS) is 17.0. The molecule has 1 aromatic carbocycles. The lowest BCUT2D eigenvalue weighted by Crippen LogP contribution is -2.50. The second kappa shape index (κ2) is 8.26. The molecule has 0 saturated carbocycles. The fourth-order valence-electron chi connectivity index (χ4n) is 3.11. The van der Waals surface area contributed by atoms with Gasteiger partial charge in [0, 0.05) is 49.2 Å². The van der Waals surface area contributed by atoms with E-state index in [9.17, 15) is 14.5 Å². The van der Waals surface area contributed by atoms with Crippen LogP contribution in [-0.4, -0.2) is 40.6 Å². The number of nitro groups is 1. The predicted octanol–water partition coefficient (Wildman–Crippen LogP) is 3.02. The highest BCUT2D eigenvalue weighted by molar-refractivity contribution is 5.59. The molecule has 1 fully saturated rings. The van der Waals surface area contributed by atoms with Crippen molar-refractivity contribution in [2.75, 3.05) is 29.9 Å². The Labute approximate surface area is 157 Å². The van der Waals surface area contributed by atoms with Crippen molar-refractivity contribution in [2.45, 2.75) is 32.7 Å². The van der Waals surface area contributed by atoms with E-state index in [1.165, 1.54) is 6.07 Å². The first-order chi connectivity index (χ1) is 13.0. The van der Waals surface area contributed by atoms with Crippen LogP contribution in [-0.2, 0) is 6.42 Å². The van der Waals surface area contributed by atoms with Gasteiger partial charge in [-0.15, -0.1) is 0 Å². The van der Waals surface area contributed by atoms with E-state index in [1.807, 2.05) is 6.07 Å². The van der Waals surface area contributed by atoms with Crippen molar-refractivity contribution < 1.29 is 9.31 Å². The number of nitro benzene ring substituents is 1. The van der Waals surface area contributed by atoms with Crippen molar-refractivity contribution in [3.63, 3.8) is 0 Å². The summed E-state index contributed by atoms with van der Waals surface area (Å²) in [7, 11) is 0. The van der Waals surface area contributed by atoms with Gasteiger partial charge >= 0.3 is 5.69 Å². The van der Waals surface area contributed by atoms with Gasteiger partial charge in [0.25, 0.3) is 0 Å². The summed E-state index contributed by atoms with van der Waals surface area (Å²) in [6.07, 6.45) is 1.74. The number of nitrogens with one attached hydrogen (secondary N) is 2. The SMILES string of the molecule is CCCc1cc(N2CCNCC2C)nc(Nc2ccc(F)c([N+](=O)[O-])c2)n1. The van der Waals surface area contributed by atoms with E-state index in [0.717, 1.165) is 56.1 Å². The summed E-state index contributed by atoms with van der Waals surface area (Å²) >= 11 is 0. The Morgan fingerprint density at radius 2 is 2.22 bits per heavy atom. The van der Waals surface area contributed by atoms with Crippen LogP contribution in [0.4, 0.5) is 27.5 Å². The number of hydrogen-bond donors (Lipinski definition) is 2. The summed E-state index contributed by atoms with van der Waals surface area (Å²) in [6.45, 7) is 6.80. The number of nitrogens with zero attached hydrogens (tertiary/aromatic N) is 4. The van der Waals surface area contributed by atoms with E-state index in [-0.39, 0.29) is 0 Å². The molecule has 0 aliphatic carbocycles. The lowest BCUT2D eigenvalue weighted by molar-refractivity contribution is -0.387. The molecule has 3 rings (SSSR count). The first-order valence-electron chi connectivity index (χ1n) is 9.04. The highest BCUT2D eigenvalue weighted by atomic mass is 19.1. The Balaban J connectivity index is 1.92. The van der Waals surface area contributed by atoms with Crippen LogP contribution in [0.15, 0.2) is 24.3 Å². The van der Waals surface area contributed by atoms with Crippen molar-refractivity contribution in [2.24, 2.45) is 0 Å². The zero-order valence-electron chi connectivity index (χ0n) is 15.4. The Hall–Kier alpha value is -2.81. The fourth-order valence-corrected chi connectivity index (χ4v) is 3.11. The monoisotopic (exact) mass is 374 g/mol. The van der Waals surface area contributed by atoms with Crippen molar-refractivity contribution in [1.82, 2.24) is 15.3 Å². The van der Waals surface area contributed by atoms with Gasteiger partial charge in [0.15, 0.2) is 0 Å². The highest BCUT2D eigenvalue weighted by Gasteiger charge is 2.21. The molecule has 0 radical (unpaired) electrons. The van der Waals surface area contributed by atoms with E-state index < -0.39 is 16.4 Å². The molecule has 0 bridgehead atoms. The third-order valence-electron chi connectivity index (χ3n) is 4.47. The summed E-state index contributed by atoms with van der Waals surface area (Å²) in [5, 5.41) is 17.3. The zero-order valence-corrected chi connectivity index (χ0v) is 15.4. The number of aromatic nitrogens is 2. The van der Waals surface area contributed by atoms with Crippen LogP contribution in [0.25, 0.3) is 0 Å². The summed E-state index contributed by atoms with van der Waals surface area (Å²) in [5.74, 6) is 0.297. The third kappa shape index (κ3) is 4.48. The van der Waals surface area contributed by atoms with Crippen LogP contribution < -0.4 is 15.5 Å². The lowest BCUT2D eigenvalue weighted by Gasteiger charge is -2.35. The van der Waals surface area contributed by atoms with Crippen LogP contribution in [0.1, 0.15) is 26.0 Å². The number of aryl methyl sites for hydroxylation is 1. The smallest absolute Gasteiger partial charge is 0.306 e. The topological polar surface area (TPSA) is 96.2 Å². The van der Waals surface area contributed by atoms with E-state index in [4.69, 9.17) is 0 Å². The molecule has 0 amide bonds. The Morgan fingerprint density at radius 3 is 2.93 bits per heavy atom. The van der Waals surface area contributed by atoms with Crippen LogP contribution in [0.5, 0.6) is 0 Å². The molecular formula is C18H23FN6O2. The van der Waals surface area contributed by atoms with E-state index >= 15 is 0 Å². The second-order valence-corrected chi connectivity index (χ2v) is 6.59. The van der Waals surface area contributed by atoms with Gasteiger partial charge in [-0.1, -0.05) is 13.3 Å². The summed E-state index contributed by atoms with van der Waals surface area (Å²) in [6, 6.07) is 5.94. The van der Waals surface area contributed by atoms with Gasteiger partial charge in [0.1, 0.15) is 5.82 Å². The molecule has 2 heterocycles. The summed E-state index contributed by atoms with van der Waals surface area (Å²) in [5.41, 5.74) is 0.684. The standard InChI is InChI=1S/C18H23FN6O2/c1-3-4-13-10-17(24-8-7-20-11-12(24)2)23-18(21-13)22-14-5-6-15(19)16(9-14)25(26)27/h5-6,9-10,12,20H,3-4,7-8,11H2,1-2H3,(H,21,22,23). The molecule has 1 saturated heterocycles. The first kappa shape index (κ1) is 19.0. The molecular weight excluding hydrogens is 351 g/mol. The van der Waals surface area contributed by atoms with Crippen molar-refractivity contribution in [1.29, 1.82) is 0 Å². The van der Waals surface area contributed by atoms with Crippen LogP contribution in [0, 0.1) is 15.9 Å². The van der Waals surface area contributed by atoms with Crippen molar-refractivity contribution in [3.8, 4) is 0 Å². The van der Waals surface area contributed by atoms with Gasteiger partial charge in [-0.25, -0.2) is 4.98 Å². The molecule has 1 atom stereocenters.